The highest BCUT2D eigenvalue weighted by atomic mass is 16.3. The van der Waals surface area contributed by atoms with Crippen LogP contribution >= 0.6 is 0 Å². The zero-order valence-electron chi connectivity index (χ0n) is 6.86. The highest BCUT2D eigenvalue weighted by Crippen LogP contribution is 2.18. The van der Waals surface area contributed by atoms with Crippen LogP contribution in [0.1, 0.15) is 19.8 Å². The van der Waals surface area contributed by atoms with E-state index in [0.717, 1.165) is 25.7 Å². The van der Waals surface area contributed by atoms with E-state index in [2.05, 4.69) is 4.90 Å². The Hall–Kier alpha value is -0.410. The summed E-state index contributed by atoms with van der Waals surface area (Å²) >= 11 is 0. The Labute approximate surface area is 67.0 Å². The van der Waals surface area contributed by atoms with Crippen LogP contribution in [0.4, 0.5) is 0 Å². The second kappa shape index (κ2) is 3.83. The summed E-state index contributed by atoms with van der Waals surface area (Å²) in [5.41, 5.74) is 0. The fourth-order valence-corrected chi connectivity index (χ4v) is 1.67. The molecule has 1 saturated heterocycles. The van der Waals surface area contributed by atoms with Crippen LogP contribution in [-0.2, 0) is 4.79 Å². The Morgan fingerprint density at radius 2 is 2.55 bits per heavy atom. The summed E-state index contributed by atoms with van der Waals surface area (Å²) in [4.78, 5) is 12.5. The summed E-state index contributed by atoms with van der Waals surface area (Å²) in [6, 6.07) is 0.185. The van der Waals surface area contributed by atoms with Crippen molar-refractivity contribution < 1.29 is 9.90 Å². The van der Waals surface area contributed by atoms with E-state index < -0.39 is 0 Å². The second-order valence-corrected chi connectivity index (χ2v) is 3.09. The minimum Gasteiger partial charge on any atom is -0.395 e. The molecule has 1 rings (SSSR count). The van der Waals surface area contributed by atoms with Gasteiger partial charge in [-0.25, -0.2) is 0 Å². The molecule has 0 saturated carbocycles. The van der Waals surface area contributed by atoms with Crippen molar-refractivity contribution in [2.75, 3.05) is 13.2 Å². The third-order valence-corrected chi connectivity index (χ3v) is 2.35. The van der Waals surface area contributed by atoms with Crippen LogP contribution in [0, 0.1) is 0 Å². The molecule has 0 aliphatic carbocycles. The topological polar surface area (TPSA) is 40.5 Å². The predicted octanol–water partition coefficient (Wildman–Crippen LogP) is 0.0305. The van der Waals surface area contributed by atoms with E-state index in [9.17, 15) is 4.79 Å². The van der Waals surface area contributed by atoms with Gasteiger partial charge in [0.15, 0.2) is 0 Å². The lowest BCUT2D eigenvalue weighted by atomic mass is 10.2. The molecule has 0 bridgehead atoms. The highest BCUT2D eigenvalue weighted by Gasteiger charge is 2.27. The van der Waals surface area contributed by atoms with Gasteiger partial charge in [0.25, 0.3) is 0 Å². The zero-order chi connectivity index (χ0) is 8.27. The molecule has 3 heteroatoms. The Balaban J connectivity index is 2.48. The molecular weight excluding hydrogens is 142 g/mol. The number of aliphatic hydroxyl groups excluding tert-OH is 1. The van der Waals surface area contributed by atoms with Crippen molar-refractivity contribution >= 4 is 6.29 Å². The third kappa shape index (κ3) is 1.79. The number of carbonyl (C=O) groups is 1. The number of nitrogens with zero attached hydrogens (tertiary/aromatic N) is 1. The fraction of sp³-hybridized carbons (Fsp3) is 0.875. The average Bonchev–Trinajstić information content (AvgIpc) is 2.50. The second-order valence-electron chi connectivity index (χ2n) is 3.09. The van der Waals surface area contributed by atoms with Crippen molar-refractivity contribution in [3.8, 4) is 0 Å². The Morgan fingerprint density at radius 3 is 3.09 bits per heavy atom. The van der Waals surface area contributed by atoms with Gasteiger partial charge in [-0.2, -0.15) is 0 Å². The van der Waals surface area contributed by atoms with Crippen molar-refractivity contribution in [3.63, 3.8) is 0 Å². The van der Waals surface area contributed by atoms with Gasteiger partial charge in [-0.05, 0) is 26.3 Å². The maximum atomic E-state index is 10.4. The summed E-state index contributed by atoms with van der Waals surface area (Å²) in [5, 5.41) is 8.92. The first-order valence-corrected chi connectivity index (χ1v) is 4.11. The van der Waals surface area contributed by atoms with Gasteiger partial charge in [0.2, 0.25) is 0 Å². The molecule has 0 spiro atoms. The van der Waals surface area contributed by atoms with Crippen LogP contribution in [-0.4, -0.2) is 41.5 Å². The standard InChI is InChI=1S/C8H15NO2/c1-7(5-10)9-4-2-3-8(9)6-11/h5,7-8,11H,2-4,6H2,1H3. The van der Waals surface area contributed by atoms with E-state index in [1.54, 1.807) is 0 Å². The molecule has 0 aromatic rings. The van der Waals surface area contributed by atoms with Crippen LogP contribution < -0.4 is 0 Å². The molecule has 0 aromatic carbocycles. The first-order chi connectivity index (χ1) is 5.29. The molecule has 0 aromatic heterocycles. The van der Waals surface area contributed by atoms with E-state index in [0.29, 0.717) is 0 Å². The molecule has 1 N–H and O–H groups in total. The average molecular weight is 157 g/mol. The van der Waals surface area contributed by atoms with Crippen molar-refractivity contribution in [1.29, 1.82) is 0 Å². The molecule has 1 heterocycles. The Kier molecular flexibility index (Phi) is 3.02. The molecule has 1 aliphatic rings. The Morgan fingerprint density at radius 1 is 1.82 bits per heavy atom. The van der Waals surface area contributed by atoms with Gasteiger partial charge >= 0.3 is 0 Å². The normalized spacial score (nSPS) is 28.7. The van der Waals surface area contributed by atoms with Gasteiger partial charge in [0.05, 0.1) is 12.6 Å². The van der Waals surface area contributed by atoms with Crippen LogP contribution in [0.5, 0.6) is 0 Å². The number of hydrogen-bond donors (Lipinski definition) is 1. The first kappa shape index (κ1) is 8.68. The number of rotatable bonds is 3. The minimum atomic E-state index is -0.0327. The number of carbonyl (C=O) groups excluding carboxylic acids is 1. The zero-order valence-corrected chi connectivity index (χ0v) is 6.86. The molecule has 0 amide bonds. The third-order valence-electron chi connectivity index (χ3n) is 2.35. The van der Waals surface area contributed by atoms with Gasteiger partial charge in [0.1, 0.15) is 6.29 Å². The summed E-state index contributed by atoms with van der Waals surface area (Å²) < 4.78 is 0. The molecule has 1 fully saturated rings. The van der Waals surface area contributed by atoms with E-state index in [-0.39, 0.29) is 18.7 Å². The number of likely N-dealkylation sites (tertiary alicyclic amines) is 1. The maximum absolute atomic E-state index is 10.4. The maximum Gasteiger partial charge on any atom is 0.136 e. The smallest absolute Gasteiger partial charge is 0.136 e. The number of aliphatic hydroxyl groups is 1. The van der Waals surface area contributed by atoms with Gasteiger partial charge in [0, 0.05) is 6.04 Å². The summed E-state index contributed by atoms with van der Waals surface area (Å²) in [7, 11) is 0. The molecule has 11 heavy (non-hydrogen) atoms. The van der Waals surface area contributed by atoms with E-state index in [1.165, 1.54) is 0 Å². The molecule has 1 aliphatic heterocycles. The SMILES string of the molecule is CC(C=O)N1CCCC1CO. The summed E-state index contributed by atoms with van der Waals surface area (Å²) in [5.74, 6) is 0. The summed E-state index contributed by atoms with van der Waals surface area (Å²) in [6.45, 7) is 3.00. The van der Waals surface area contributed by atoms with Gasteiger partial charge < -0.3 is 9.90 Å². The Bertz CT molecular complexity index is 138. The van der Waals surface area contributed by atoms with Crippen LogP contribution in [0.2, 0.25) is 0 Å². The van der Waals surface area contributed by atoms with Gasteiger partial charge in [-0.3, -0.25) is 4.90 Å². The molecule has 0 radical (unpaired) electrons. The lowest BCUT2D eigenvalue weighted by Gasteiger charge is -2.25. The quantitative estimate of drug-likeness (QED) is 0.588. The fourth-order valence-electron chi connectivity index (χ4n) is 1.67. The molecule has 3 nitrogen and oxygen atoms in total. The minimum absolute atomic E-state index is 0.0327. The number of aldehydes is 1. The lowest BCUT2D eigenvalue weighted by Crippen LogP contribution is -2.40. The van der Waals surface area contributed by atoms with E-state index >= 15 is 0 Å². The van der Waals surface area contributed by atoms with Gasteiger partial charge in [-0.15, -0.1) is 0 Å². The molecule has 64 valence electrons. The monoisotopic (exact) mass is 157 g/mol. The summed E-state index contributed by atoms with van der Waals surface area (Å²) in [6.07, 6.45) is 3.06. The molecule has 2 atom stereocenters. The first-order valence-electron chi connectivity index (χ1n) is 4.11. The van der Waals surface area contributed by atoms with Crippen molar-refractivity contribution in [2.24, 2.45) is 0 Å². The predicted molar refractivity (Wildman–Crippen MR) is 42.3 cm³/mol. The van der Waals surface area contributed by atoms with Crippen LogP contribution in [0.15, 0.2) is 0 Å². The van der Waals surface area contributed by atoms with E-state index in [1.807, 2.05) is 6.92 Å². The van der Waals surface area contributed by atoms with Crippen molar-refractivity contribution in [2.45, 2.75) is 31.8 Å². The van der Waals surface area contributed by atoms with Gasteiger partial charge in [-0.1, -0.05) is 0 Å². The molecule has 2 unspecified atom stereocenters. The van der Waals surface area contributed by atoms with Crippen LogP contribution in [0.3, 0.4) is 0 Å². The molecular formula is C8H15NO2. The van der Waals surface area contributed by atoms with Crippen molar-refractivity contribution in [1.82, 2.24) is 4.90 Å². The lowest BCUT2D eigenvalue weighted by molar-refractivity contribution is -0.112. The highest BCUT2D eigenvalue weighted by molar-refractivity contribution is 5.56. The van der Waals surface area contributed by atoms with Crippen LogP contribution in [0.25, 0.3) is 0 Å². The largest absolute Gasteiger partial charge is 0.395 e. The number of hydrogen-bond acceptors (Lipinski definition) is 3. The van der Waals surface area contributed by atoms with E-state index in [4.69, 9.17) is 5.11 Å². The van der Waals surface area contributed by atoms with Crippen molar-refractivity contribution in [3.05, 3.63) is 0 Å².